The zero-order valence-corrected chi connectivity index (χ0v) is 30.1. The number of carbonyl (C=O) groups is 3. The maximum Gasteiger partial charge on any atom is 0.408 e. The van der Waals surface area contributed by atoms with Crippen molar-refractivity contribution in [1.29, 1.82) is 0 Å². The van der Waals surface area contributed by atoms with Crippen LogP contribution in [0, 0.1) is 6.92 Å². The van der Waals surface area contributed by atoms with Crippen LogP contribution >= 0.6 is 0 Å². The molecule has 3 aromatic carbocycles. The summed E-state index contributed by atoms with van der Waals surface area (Å²) >= 11 is 0. The molecule has 0 aliphatic carbocycles. The lowest BCUT2D eigenvalue weighted by molar-refractivity contribution is -0.133. The van der Waals surface area contributed by atoms with Gasteiger partial charge in [-0.05, 0) is 70.7 Å². The Bertz CT molecular complexity index is 1590. The maximum absolute atomic E-state index is 13.8. The normalized spacial score (nSPS) is 13.5. The lowest BCUT2D eigenvalue weighted by Gasteiger charge is -2.32. The predicted octanol–water partition coefficient (Wildman–Crippen LogP) is 6.02. The number of unbranched alkanes of at least 4 members (excludes halogenated alkanes) is 4. The average Bonchev–Trinajstić information content (AvgIpc) is 3.03. The molecule has 0 saturated carbocycles. The number of carbonyl (C=O) groups excluding carboxylic acids is 3. The number of benzene rings is 3. The summed E-state index contributed by atoms with van der Waals surface area (Å²) in [6, 6.07) is 24.3. The van der Waals surface area contributed by atoms with Gasteiger partial charge in [-0.3, -0.25) is 13.8 Å². The van der Waals surface area contributed by atoms with Crippen LogP contribution in [0.3, 0.4) is 0 Å². The molecule has 266 valence electrons. The van der Waals surface area contributed by atoms with Gasteiger partial charge in [0.1, 0.15) is 17.2 Å². The van der Waals surface area contributed by atoms with Crippen LogP contribution in [-0.4, -0.2) is 56.7 Å². The van der Waals surface area contributed by atoms with Crippen LogP contribution in [-0.2, 0) is 41.5 Å². The molecule has 3 rings (SSSR count). The maximum atomic E-state index is 13.8. The molecule has 0 aliphatic rings. The van der Waals surface area contributed by atoms with Crippen LogP contribution in [0.5, 0.6) is 0 Å². The molecule has 49 heavy (non-hydrogen) atoms. The summed E-state index contributed by atoms with van der Waals surface area (Å²) < 4.78 is 35.3. The van der Waals surface area contributed by atoms with E-state index in [1.807, 2.05) is 67.6 Å². The van der Waals surface area contributed by atoms with E-state index in [1.165, 1.54) is 0 Å². The van der Waals surface area contributed by atoms with Gasteiger partial charge >= 0.3 is 6.09 Å². The van der Waals surface area contributed by atoms with Crippen molar-refractivity contribution in [3.63, 3.8) is 0 Å². The summed E-state index contributed by atoms with van der Waals surface area (Å²) in [7, 11) is -3.77. The number of amides is 3. The number of ether oxygens (including phenoxy) is 1. The Morgan fingerprint density at radius 2 is 1.33 bits per heavy atom. The van der Waals surface area contributed by atoms with Crippen molar-refractivity contribution in [2.75, 3.05) is 13.2 Å². The molecule has 3 amide bonds. The third-order valence-corrected chi connectivity index (χ3v) is 9.07. The molecule has 2 atom stereocenters. The van der Waals surface area contributed by atoms with E-state index < -0.39 is 39.3 Å². The minimum Gasteiger partial charge on any atom is -0.444 e. The van der Waals surface area contributed by atoms with E-state index in [0.29, 0.717) is 19.4 Å². The quantitative estimate of drug-likeness (QED) is 0.109. The van der Waals surface area contributed by atoms with E-state index in [1.54, 1.807) is 52.0 Å². The van der Waals surface area contributed by atoms with Crippen molar-refractivity contribution in [3.05, 3.63) is 102 Å². The van der Waals surface area contributed by atoms with Crippen LogP contribution in [0.25, 0.3) is 0 Å². The van der Waals surface area contributed by atoms with Gasteiger partial charge in [-0.25, -0.2) is 4.79 Å². The first kappa shape index (κ1) is 39.2. The highest BCUT2D eigenvalue weighted by atomic mass is 32.2. The Labute approximate surface area is 291 Å². The summed E-state index contributed by atoms with van der Waals surface area (Å²) in [5.41, 5.74) is 0.610. The summed E-state index contributed by atoms with van der Waals surface area (Å²) in [4.78, 5) is 40.4. The van der Waals surface area contributed by atoms with Crippen molar-refractivity contribution < 1.29 is 31.7 Å². The predicted molar refractivity (Wildman–Crippen MR) is 190 cm³/mol. The molecule has 0 radical (unpaired) electrons. The number of nitrogens with one attached hydrogen (secondary N) is 3. The molecule has 10 nitrogen and oxygen atoms in total. The van der Waals surface area contributed by atoms with Crippen molar-refractivity contribution >= 4 is 28.0 Å². The van der Waals surface area contributed by atoms with Gasteiger partial charge in [-0.1, -0.05) is 97.6 Å². The fourth-order valence-corrected chi connectivity index (χ4v) is 6.09. The second-order valence-electron chi connectivity index (χ2n) is 13.5. The van der Waals surface area contributed by atoms with E-state index >= 15 is 0 Å². The lowest BCUT2D eigenvalue weighted by Crippen LogP contribution is -2.62. The van der Waals surface area contributed by atoms with Crippen LogP contribution in [0.15, 0.2) is 89.8 Å². The largest absolute Gasteiger partial charge is 0.444 e. The van der Waals surface area contributed by atoms with Gasteiger partial charge in [0.15, 0.2) is 0 Å². The topological polar surface area (TPSA) is 140 Å². The monoisotopic (exact) mass is 693 g/mol. The van der Waals surface area contributed by atoms with Crippen molar-refractivity contribution in [3.8, 4) is 0 Å². The summed E-state index contributed by atoms with van der Waals surface area (Å²) in [5, 5.41) is 8.63. The van der Waals surface area contributed by atoms with Gasteiger partial charge in [-0.15, -0.1) is 0 Å². The summed E-state index contributed by atoms with van der Waals surface area (Å²) in [6.07, 6.45) is 3.48. The molecule has 0 bridgehead atoms. The van der Waals surface area contributed by atoms with E-state index in [2.05, 4.69) is 16.0 Å². The fourth-order valence-electron chi connectivity index (χ4n) is 5.15. The number of rotatable bonds is 18. The Morgan fingerprint density at radius 3 is 1.94 bits per heavy atom. The van der Waals surface area contributed by atoms with Gasteiger partial charge < -0.3 is 20.7 Å². The first-order valence-electron chi connectivity index (χ1n) is 16.8. The van der Waals surface area contributed by atoms with Crippen molar-refractivity contribution in [2.45, 2.75) is 102 Å². The SMILES string of the molecule is Cc1ccc(S(=O)(=O)OCCCCCCCNC(=O)[C@@](C)(Cc2ccccc2)NC(=O)[C@H](Cc2ccccc2)NC(=O)OC(C)(C)C)cc1. The molecule has 0 heterocycles. The molecule has 0 unspecified atom stereocenters. The van der Waals surface area contributed by atoms with E-state index in [-0.39, 0.29) is 30.3 Å². The van der Waals surface area contributed by atoms with Crippen LogP contribution < -0.4 is 16.0 Å². The smallest absolute Gasteiger partial charge is 0.408 e. The Kier molecular flexibility index (Phi) is 14.8. The zero-order valence-electron chi connectivity index (χ0n) is 29.3. The molecule has 0 fully saturated rings. The number of aryl methyl sites for hydroxylation is 1. The van der Waals surface area contributed by atoms with Crippen molar-refractivity contribution in [1.82, 2.24) is 16.0 Å². The Balaban J connectivity index is 1.55. The summed E-state index contributed by atoms with van der Waals surface area (Å²) in [6.45, 7) is 9.32. The first-order chi connectivity index (χ1) is 23.2. The van der Waals surface area contributed by atoms with E-state index in [0.717, 1.165) is 36.0 Å². The third-order valence-electron chi connectivity index (χ3n) is 7.75. The van der Waals surface area contributed by atoms with Gasteiger partial charge in [0.25, 0.3) is 10.1 Å². The number of hydrogen-bond donors (Lipinski definition) is 3. The van der Waals surface area contributed by atoms with Crippen LogP contribution in [0.1, 0.15) is 76.5 Å². The van der Waals surface area contributed by atoms with E-state index in [4.69, 9.17) is 8.92 Å². The van der Waals surface area contributed by atoms with Gasteiger partial charge in [0.05, 0.1) is 11.5 Å². The highest BCUT2D eigenvalue weighted by molar-refractivity contribution is 7.86. The van der Waals surface area contributed by atoms with Crippen LogP contribution in [0.4, 0.5) is 4.79 Å². The standard InChI is InChI=1S/C38H51N3O7S/c1-29-21-23-32(24-22-29)49(45,46)47-26-16-8-6-7-15-25-39-35(43)38(5,28-31-19-13-10-14-20-31)41-34(42)33(27-30-17-11-9-12-18-30)40-36(44)48-37(2,3)4/h9-14,17-24,33H,6-8,15-16,25-28H2,1-5H3,(H,39,43)(H,40,44)(H,41,42)/t33-,38+/m0/s1. The Morgan fingerprint density at radius 1 is 0.755 bits per heavy atom. The fraction of sp³-hybridized carbons (Fsp3) is 0.447. The first-order valence-corrected chi connectivity index (χ1v) is 18.2. The molecular weight excluding hydrogens is 642 g/mol. The number of alkyl carbamates (subject to hydrolysis) is 1. The van der Waals surface area contributed by atoms with Gasteiger partial charge in [0, 0.05) is 19.4 Å². The third kappa shape index (κ3) is 14.0. The molecule has 0 spiro atoms. The second-order valence-corrected chi connectivity index (χ2v) is 15.1. The minimum absolute atomic E-state index is 0.110. The van der Waals surface area contributed by atoms with Gasteiger partial charge in [0.2, 0.25) is 11.8 Å². The molecule has 0 aliphatic heterocycles. The average molecular weight is 694 g/mol. The Hall–Kier alpha value is -4.22. The highest BCUT2D eigenvalue weighted by Crippen LogP contribution is 2.17. The minimum atomic E-state index is -3.77. The van der Waals surface area contributed by atoms with Crippen molar-refractivity contribution in [2.24, 2.45) is 0 Å². The summed E-state index contributed by atoms with van der Waals surface area (Å²) in [5.74, 6) is -0.843. The highest BCUT2D eigenvalue weighted by Gasteiger charge is 2.37. The number of hydrogen-bond acceptors (Lipinski definition) is 7. The molecule has 0 aromatic heterocycles. The second kappa shape index (κ2) is 18.5. The van der Waals surface area contributed by atoms with Crippen LogP contribution in [0.2, 0.25) is 0 Å². The zero-order chi connectivity index (χ0) is 35.9. The lowest BCUT2D eigenvalue weighted by atomic mass is 9.90. The molecule has 3 aromatic rings. The molecule has 11 heteroatoms. The molecule has 3 N–H and O–H groups in total. The van der Waals surface area contributed by atoms with Gasteiger partial charge in [-0.2, -0.15) is 8.42 Å². The molecule has 0 saturated heterocycles. The van der Waals surface area contributed by atoms with E-state index in [9.17, 15) is 22.8 Å². The molecular formula is C38H51N3O7S.